The molecule has 2 N–H and O–H groups in total. The standard InChI is InChI=1S/C18H23N7O2/c1-10-12(17(27)20-16-15(10)11(2)23-24(16)3)7-8-14(26)19-18-22-21-13-6-4-5-9-25(13)18/h4-9H2,1-3H3,(H,20,27)(H,19,22,26). The van der Waals surface area contributed by atoms with Crippen LogP contribution in [-0.2, 0) is 31.2 Å². The van der Waals surface area contributed by atoms with Crippen LogP contribution in [0.3, 0.4) is 0 Å². The number of anilines is 1. The number of aryl methyl sites for hydroxylation is 4. The van der Waals surface area contributed by atoms with Crippen LogP contribution in [0.15, 0.2) is 4.79 Å². The van der Waals surface area contributed by atoms with Gasteiger partial charge < -0.3 is 4.98 Å². The van der Waals surface area contributed by atoms with Gasteiger partial charge in [-0.1, -0.05) is 0 Å². The topological polar surface area (TPSA) is 110 Å². The molecule has 9 nitrogen and oxygen atoms in total. The van der Waals surface area contributed by atoms with Crippen LogP contribution in [0.2, 0.25) is 0 Å². The van der Waals surface area contributed by atoms with Gasteiger partial charge in [-0.2, -0.15) is 5.10 Å². The normalized spacial score (nSPS) is 13.7. The first-order valence-corrected chi connectivity index (χ1v) is 9.22. The molecule has 0 atom stereocenters. The summed E-state index contributed by atoms with van der Waals surface area (Å²) in [6.07, 6.45) is 3.62. The zero-order valence-electron chi connectivity index (χ0n) is 15.8. The first kappa shape index (κ1) is 17.4. The number of carbonyl (C=O) groups excluding carboxylic acids is 1. The number of aromatic amines is 1. The minimum Gasteiger partial charge on any atom is -0.307 e. The highest BCUT2D eigenvalue weighted by atomic mass is 16.2. The van der Waals surface area contributed by atoms with Crippen LogP contribution in [0.4, 0.5) is 5.95 Å². The van der Waals surface area contributed by atoms with Crippen molar-refractivity contribution in [1.82, 2.24) is 29.5 Å². The Balaban J connectivity index is 1.52. The van der Waals surface area contributed by atoms with Crippen molar-refractivity contribution in [2.75, 3.05) is 5.32 Å². The number of hydrogen-bond acceptors (Lipinski definition) is 5. The predicted molar refractivity (Wildman–Crippen MR) is 101 cm³/mol. The Morgan fingerprint density at radius 3 is 2.89 bits per heavy atom. The van der Waals surface area contributed by atoms with Gasteiger partial charge in [0.2, 0.25) is 11.9 Å². The van der Waals surface area contributed by atoms with Crippen LogP contribution < -0.4 is 10.9 Å². The number of carbonyl (C=O) groups is 1. The van der Waals surface area contributed by atoms with Gasteiger partial charge >= 0.3 is 0 Å². The Labute approximate surface area is 155 Å². The first-order chi connectivity index (χ1) is 13.0. The van der Waals surface area contributed by atoms with E-state index >= 15 is 0 Å². The maximum atomic E-state index is 12.5. The number of nitrogens with zero attached hydrogens (tertiary/aromatic N) is 5. The van der Waals surface area contributed by atoms with Gasteiger partial charge in [-0.15, -0.1) is 10.2 Å². The Morgan fingerprint density at radius 2 is 2.07 bits per heavy atom. The lowest BCUT2D eigenvalue weighted by Gasteiger charge is -2.14. The highest BCUT2D eigenvalue weighted by molar-refractivity contribution is 5.89. The van der Waals surface area contributed by atoms with E-state index < -0.39 is 0 Å². The summed E-state index contributed by atoms with van der Waals surface area (Å²) < 4.78 is 3.63. The molecule has 0 radical (unpaired) electrons. The molecule has 0 bridgehead atoms. The zero-order chi connectivity index (χ0) is 19.1. The fourth-order valence-electron chi connectivity index (χ4n) is 3.88. The van der Waals surface area contributed by atoms with Crippen LogP contribution >= 0.6 is 0 Å². The van der Waals surface area contributed by atoms with Crippen LogP contribution in [0, 0.1) is 13.8 Å². The van der Waals surface area contributed by atoms with E-state index in [-0.39, 0.29) is 17.9 Å². The van der Waals surface area contributed by atoms with Crippen LogP contribution in [0.1, 0.15) is 41.9 Å². The molecule has 0 spiro atoms. The molecule has 0 saturated heterocycles. The third-order valence-corrected chi connectivity index (χ3v) is 5.27. The van der Waals surface area contributed by atoms with Gasteiger partial charge in [0.15, 0.2) is 0 Å². The Morgan fingerprint density at radius 1 is 1.26 bits per heavy atom. The molecule has 4 rings (SSSR count). The molecule has 142 valence electrons. The molecule has 0 fully saturated rings. The Kier molecular flexibility index (Phi) is 4.29. The second-order valence-electron chi connectivity index (χ2n) is 7.09. The van der Waals surface area contributed by atoms with Crippen LogP contribution in [-0.4, -0.2) is 35.4 Å². The molecule has 4 heterocycles. The van der Waals surface area contributed by atoms with Crippen molar-refractivity contribution in [2.24, 2.45) is 7.05 Å². The van der Waals surface area contributed by atoms with E-state index in [1.54, 1.807) is 11.7 Å². The second-order valence-corrected chi connectivity index (χ2v) is 7.09. The monoisotopic (exact) mass is 369 g/mol. The molecule has 0 unspecified atom stereocenters. The van der Waals surface area contributed by atoms with Gasteiger partial charge in [-0.3, -0.25) is 24.2 Å². The highest BCUT2D eigenvalue weighted by Crippen LogP contribution is 2.21. The third-order valence-electron chi connectivity index (χ3n) is 5.27. The number of H-pyrrole nitrogens is 1. The van der Waals surface area contributed by atoms with Crippen LogP contribution in [0.25, 0.3) is 11.0 Å². The van der Waals surface area contributed by atoms with E-state index in [0.717, 1.165) is 48.3 Å². The van der Waals surface area contributed by atoms with Crippen molar-refractivity contribution >= 4 is 22.9 Å². The SMILES string of the molecule is Cc1nn(C)c2[nH]c(=O)c(CCC(=O)Nc3nnc4n3CCCC4)c(C)c12. The maximum Gasteiger partial charge on any atom is 0.253 e. The quantitative estimate of drug-likeness (QED) is 0.722. The number of rotatable bonds is 4. The molecule has 3 aromatic rings. The van der Waals surface area contributed by atoms with Gasteiger partial charge in [0.05, 0.1) is 5.69 Å². The number of pyridine rings is 1. The fraction of sp³-hybridized carbons (Fsp3) is 0.500. The van der Waals surface area contributed by atoms with Gasteiger partial charge in [-0.05, 0) is 38.7 Å². The molecule has 9 heteroatoms. The Hall–Kier alpha value is -2.97. The minimum absolute atomic E-state index is 0.169. The lowest BCUT2D eigenvalue weighted by atomic mass is 10.0. The molecule has 27 heavy (non-hydrogen) atoms. The summed E-state index contributed by atoms with van der Waals surface area (Å²) in [6, 6.07) is 0. The molecule has 1 aliphatic heterocycles. The second kappa shape index (κ2) is 6.64. The fourth-order valence-corrected chi connectivity index (χ4v) is 3.88. The third kappa shape index (κ3) is 3.02. The van der Waals surface area contributed by atoms with Crippen molar-refractivity contribution in [3.63, 3.8) is 0 Å². The summed E-state index contributed by atoms with van der Waals surface area (Å²) in [5.41, 5.74) is 2.90. The van der Waals surface area contributed by atoms with Gasteiger partial charge in [0.1, 0.15) is 11.5 Å². The summed E-state index contributed by atoms with van der Waals surface area (Å²) in [6.45, 7) is 4.65. The van der Waals surface area contributed by atoms with Crippen LogP contribution in [0.5, 0.6) is 0 Å². The summed E-state index contributed by atoms with van der Waals surface area (Å²) in [5, 5.41) is 16.4. The van der Waals surface area contributed by atoms with E-state index in [0.29, 0.717) is 23.6 Å². The molecule has 0 aliphatic carbocycles. The van der Waals surface area contributed by atoms with Crippen molar-refractivity contribution in [3.8, 4) is 0 Å². The summed E-state index contributed by atoms with van der Waals surface area (Å²) >= 11 is 0. The summed E-state index contributed by atoms with van der Waals surface area (Å²) in [4.78, 5) is 27.8. The van der Waals surface area contributed by atoms with E-state index in [9.17, 15) is 9.59 Å². The Bertz CT molecular complexity index is 1090. The lowest BCUT2D eigenvalue weighted by molar-refractivity contribution is -0.116. The number of hydrogen-bond donors (Lipinski definition) is 2. The number of fused-ring (bicyclic) bond motifs is 2. The van der Waals surface area contributed by atoms with Crippen molar-refractivity contribution < 1.29 is 4.79 Å². The molecule has 1 aliphatic rings. The molecular weight excluding hydrogens is 346 g/mol. The average Bonchev–Trinajstić information content (AvgIpc) is 3.16. The number of amides is 1. The van der Waals surface area contributed by atoms with Crippen molar-refractivity contribution in [3.05, 3.63) is 33.0 Å². The maximum absolute atomic E-state index is 12.5. The van der Waals surface area contributed by atoms with Crippen molar-refractivity contribution in [2.45, 2.75) is 52.5 Å². The molecule has 0 aromatic carbocycles. The smallest absolute Gasteiger partial charge is 0.253 e. The number of nitrogens with one attached hydrogen (secondary N) is 2. The van der Waals surface area contributed by atoms with Gasteiger partial charge in [-0.25, -0.2) is 0 Å². The largest absolute Gasteiger partial charge is 0.307 e. The number of aromatic nitrogens is 6. The van der Waals surface area contributed by atoms with E-state index in [1.165, 1.54) is 0 Å². The lowest BCUT2D eigenvalue weighted by Crippen LogP contribution is -2.21. The summed E-state index contributed by atoms with van der Waals surface area (Å²) in [7, 11) is 1.80. The minimum atomic E-state index is -0.171. The highest BCUT2D eigenvalue weighted by Gasteiger charge is 2.19. The molecular formula is C18H23N7O2. The molecule has 3 aromatic heterocycles. The van der Waals surface area contributed by atoms with Gasteiger partial charge in [0.25, 0.3) is 5.56 Å². The van der Waals surface area contributed by atoms with E-state index in [1.807, 2.05) is 18.4 Å². The van der Waals surface area contributed by atoms with E-state index in [4.69, 9.17) is 0 Å². The summed E-state index contributed by atoms with van der Waals surface area (Å²) in [5.74, 6) is 1.25. The first-order valence-electron chi connectivity index (χ1n) is 9.22. The van der Waals surface area contributed by atoms with Crippen molar-refractivity contribution in [1.29, 1.82) is 0 Å². The van der Waals surface area contributed by atoms with E-state index in [2.05, 4.69) is 25.6 Å². The van der Waals surface area contributed by atoms with Gasteiger partial charge in [0, 0.05) is 37.4 Å². The molecule has 1 amide bonds. The zero-order valence-corrected chi connectivity index (χ0v) is 15.8. The predicted octanol–water partition coefficient (Wildman–Crippen LogP) is 1.38. The molecule has 0 saturated carbocycles. The average molecular weight is 369 g/mol.